The summed E-state index contributed by atoms with van der Waals surface area (Å²) in [6, 6.07) is 4.87. The van der Waals surface area contributed by atoms with Gasteiger partial charge in [0.15, 0.2) is 11.5 Å². The first-order chi connectivity index (χ1) is 6.60. The molecule has 0 fully saturated rings. The average Bonchev–Trinajstić information content (AvgIpc) is 2.17. The number of nitrogens with zero attached hydrogens (tertiary/aromatic N) is 1. The van der Waals surface area contributed by atoms with Gasteiger partial charge in [-0.3, -0.25) is 0 Å². The number of phenols is 1. The molecule has 3 N–H and O–H groups in total. The highest BCUT2D eigenvalue weighted by molar-refractivity contribution is 5.54. The van der Waals surface area contributed by atoms with E-state index in [4.69, 9.17) is 15.7 Å². The number of hydrogen-bond acceptors (Lipinski definition) is 4. The summed E-state index contributed by atoms with van der Waals surface area (Å²) in [5.41, 5.74) is 6.60. The molecule has 0 heterocycles. The highest BCUT2D eigenvalue weighted by atomic mass is 16.5. The van der Waals surface area contributed by atoms with E-state index in [0.29, 0.717) is 0 Å². The summed E-state index contributed by atoms with van der Waals surface area (Å²) >= 11 is 0. The Labute approximate surface area is 82.5 Å². The highest BCUT2D eigenvalue weighted by Crippen LogP contribution is 2.32. The van der Waals surface area contributed by atoms with Gasteiger partial charge in [-0.25, -0.2) is 0 Å². The lowest BCUT2D eigenvalue weighted by atomic mass is 10.0. The Balaban J connectivity index is 3.34. The molecule has 0 bridgehead atoms. The molecular weight excluding hydrogens is 180 g/mol. The van der Waals surface area contributed by atoms with Crippen LogP contribution in [0.5, 0.6) is 11.5 Å². The normalized spacial score (nSPS) is 11.9. The van der Waals surface area contributed by atoms with Gasteiger partial charge in [0.1, 0.15) is 6.07 Å². The average molecular weight is 192 g/mol. The first-order valence-corrected chi connectivity index (χ1v) is 4.16. The summed E-state index contributed by atoms with van der Waals surface area (Å²) in [5, 5.41) is 18.2. The fourth-order valence-corrected chi connectivity index (χ4v) is 1.13. The maximum Gasteiger partial charge on any atom is 0.175 e. The minimum Gasteiger partial charge on any atom is -0.503 e. The first kappa shape index (κ1) is 10.4. The quantitative estimate of drug-likeness (QED) is 0.740. The topological polar surface area (TPSA) is 79.3 Å². The molecule has 74 valence electrons. The summed E-state index contributed by atoms with van der Waals surface area (Å²) < 4.78 is 4.92. The van der Waals surface area contributed by atoms with E-state index in [9.17, 15) is 5.11 Å². The molecule has 0 aliphatic rings. The Bertz CT molecular complexity index is 380. The number of nitriles is 1. The van der Waals surface area contributed by atoms with Crippen LogP contribution >= 0.6 is 0 Å². The molecule has 0 amide bonds. The summed E-state index contributed by atoms with van der Waals surface area (Å²) in [4.78, 5) is 0. The van der Waals surface area contributed by atoms with Crippen molar-refractivity contribution < 1.29 is 9.84 Å². The Morgan fingerprint density at radius 2 is 2.21 bits per heavy atom. The summed E-state index contributed by atoms with van der Waals surface area (Å²) in [5.74, 6) is 0.135. The van der Waals surface area contributed by atoms with Crippen LogP contribution in [0.4, 0.5) is 0 Å². The second kappa shape index (κ2) is 3.99. The van der Waals surface area contributed by atoms with Crippen LogP contribution in [0, 0.1) is 11.3 Å². The van der Waals surface area contributed by atoms with E-state index in [1.807, 2.05) is 6.07 Å². The predicted molar refractivity (Wildman–Crippen MR) is 52.0 cm³/mol. The number of aromatic hydroxyl groups is 1. The van der Waals surface area contributed by atoms with E-state index >= 15 is 0 Å². The molecule has 0 aliphatic carbocycles. The number of benzene rings is 1. The lowest BCUT2D eigenvalue weighted by Gasteiger charge is -2.10. The molecule has 14 heavy (non-hydrogen) atoms. The largest absolute Gasteiger partial charge is 0.503 e. The van der Waals surface area contributed by atoms with E-state index in [-0.39, 0.29) is 23.1 Å². The van der Waals surface area contributed by atoms with Crippen molar-refractivity contribution in [2.75, 3.05) is 7.11 Å². The van der Waals surface area contributed by atoms with Crippen molar-refractivity contribution >= 4 is 0 Å². The fourth-order valence-electron chi connectivity index (χ4n) is 1.13. The fraction of sp³-hybridized carbons (Fsp3) is 0.300. The van der Waals surface area contributed by atoms with Gasteiger partial charge in [0.2, 0.25) is 0 Å². The molecule has 1 rings (SSSR count). The molecular formula is C10H12N2O2. The predicted octanol–water partition coefficient (Wildman–Crippen LogP) is 1.29. The number of ether oxygens (including phenoxy) is 1. The highest BCUT2D eigenvalue weighted by Gasteiger charge is 2.11. The van der Waals surface area contributed by atoms with Crippen LogP contribution in [0.15, 0.2) is 12.1 Å². The molecule has 0 aromatic heterocycles. The van der Waals surface area contributed by atoms with E-state index in [1.54, 1.807) is 19.1 Å². The van der Waals surface area contributed by atoms with E-state index in [1.165, 1.54) is 7.11 Å². The molecule has 0 spiro atoms. The van der Waals surface area contributed by atoms with Crippen molar-refractivity contribution in [3.8, 4) is 17.6 Å². The van der Waals surface area contributed by atoms with Gasteiger partial charge in [0, 0.05) is 6.04 Å². The summed E-state index contributed by atoms with van der Waals surface area (Å²) in [7, 11) is 1.43. The van der Waals surface area contributed by atoms with Crippen LogP contribution < -0.4 is 10.5 Å². The number of rotatable bonds is 2. The van der Waals surface area contributed by atoms with Crippen molar-refractivity contribution in [1.29, 1.82) is 5.26 Å². The van der Waals surface area contributed by atoms with Crippen LogP contribution in [-0.4, -0.2) is 12.2 Å². The van der Waals surface area contributed by atoms with Gasteiger partial charge in [-0.1, -0.05) is 0 Å². The standard InChI is InChI=1S/C10H12N2O2/c1-6(12)7-3-8(5-11)10(13)9(4-7)14-2/h3-4,6,13H,12H2,1-2H3. The molecule has 1 unspecified atom stereocenters. The van der Waals surface area contributed by atoms with E-state index < -0.39 is 0 Å². The van der Waals surface area contributed by atoms with E-state index in [2.05, 4.69) is 0 Å². The van der Waals surface area contributed by atoms with Crippen molar-refractivity contribution in [2.45, 2.75) is 13.0 Å². The second-order valence-corrected chi connectivity index (χ2v) is 3.02. The van der Waals surface area contributed by atoms with Gasteiger partial charge in [-0.15, -0.1) is 0 Å². The molecule has 0 saturated heterocycles. The zero-order valence-corrected chi connectivity index (χ0v) is 8.11. The maximum absolute atomic E-state index is 9.51. The van der Waals surface area contributed by atoms with Gasteiger partial charge in [-0.2, -0.15) is 5.26 Å². The lowest BCUT2D eigenvalue weighted by molar-refractivity contribution is 0.372. The van der Waals surface area contributed by atoms with Gasteiger partial charge in [-0.05, 0) is 24.6 Å². The van der Waals surface area contributed by atoms with Crippen molar-refractivity contribution in [2.24, 2.45) is 5.73 Å². The summed E-state index contributed by atoms with van der Waals surface area (Å²) in [6.45, 7) is 1.80. The Morgan fingerprint density at radius 3 is 2.64 bits per heavy atom. The van der Waals surface area contributed by atoms with Gasteiger partial charge < -0.3 is 15.6 Å². The van der Waals surface area contributed by atoms with Crippen LogP contribution in [-0.2, 0) is 0 Å². The van der Waals surface area contributed by atoms with Gasteiger partial charge in [0.05, 0.1) is 12.7 Å². The smallest absolute Gasteiger partial charge is 0.175 e. The zero-order valence-electron chi connectivity index (χ0n) is 8.11. The third-order valence-corrected chi connectivity index (χ3v) is 1.96. The lowest BCUT2D eigenvalue weighted by Crippen LogP contribution is -2.05. The monoisotopic (exact) mass is 192 g/mol. The second-order valence-electron chi connectivity index (χ2n) is 3.02. The van der Waals surface area contributed by atoms with Gasteiger partial charge >= 0.3 is 0 Å². The Kier molecular flexibility index (Phi) is 2.95. The number of nitrogens with two attached hydrogens (primary N) is 1. The van der Waals surface area contributed by atoms with Crippen molar-refractivity contribution in [3.05, 3.63) is 23.3 Å². The third-order valence-electron chi connectivity index (χ3n) is 1.96. The number of phenolic OH excluding ortho intramolecular Hbond substituents is 1. The van der Waals surface area contributed by atoms with Crippen LogP contribution in [0.1, 0.15) is 24.1 Å². The molecule has 1 atom stereocenters. The molecule has 1 aromatic carbocycles. The Morgan fingerprint density at radius 1 is 1.57 bits per heavy atom. The summed E-state index contributed by atoms with van der Waals surface area (Å²) in [6.07, 6.45) is 0. The van der Waals surface area contributed by atoms with Crippen molar-refractivity contribution in [3.63, 3.8) is 0 Å². The van der Waals surface area contributed by atoms with Gasteiger partial charge in [0.25, 0.3) is 0 Å². The number of hydrogen-bond donors (Lipinski definition) is 2. The number of methoxy groups -OCH3 is 1. The third kappa shape index (κ3) is 1.78. The zero-order chi connectivity index (χ0) is 10.7. The SMILES string of the molecule is COc1cc(C(C)N)cc(C#N)c1O. The van der Waals surface area contributed by atoms with Crippen molar-refractivity contribution in [1.82, 2.24) is 0 Å². The maximum atomic E-state index is 9.51. The van der Waals surface area contributed by atoms with E-state index in [0.717, 1.165) is 5.56 Å². The minimum absolute atomic E-state index is 0.139. The molecule has 4 heteroatoms. The van der Waals surface area contributed by atoms with Crippen LogP contribution in [0.25, 0.3) is 0 Å². The molecule has 0 radical (unpaired) electrons. The van der Waals surface area contributed by atoms with Crippen LogP contribution in [0.3, 0.4) is 0 Å². The molecule has 4 nitrogen and oxygen atoms in total. The molecule has 1 aromatic rings. The van der Waals surface area contributed by atoms with Crippen LogP contribution in [0.2, 0.25) is 0 Å². The first-order valence-electron chi connectivity index (χ1n) is 4.16. The molecule has 0 saturated carbocycles. The Hall–Kier alpha value is -1.73. The molecule has 0 aliphatic heterocycles. The minimum atomic E-state index is -0.198.